The molecule has 3 fully saturated rings. The zero-order valence-corrected chi connectivity index (χ0v) is 23.5. The summed E-state index contributed by atoms with van der Waals surface area (Å²) in [6.45, 7) is 2.24. The normalized spacial score (nSPS) is 22.9. The number of nitrogens with zero attached hydrogens (tertiary/aromatic N) is 4. The average Bonchev–Trinajstić information content (AvgIpc) is 3.33. The van der Waals surface area contributed by atoms with Crippen molar-refractivity contribution in [3.63, 3.8) is 0 Å². The molecule has 3 aromatic rings. The summed E-state index contributed by atoms with van der Waals surface area (Å²) in [6, 6.07) is 15.7. The van der Waals surface area contributed by atoms with Crippen LogP contribution in [0.15, 0.2) is 53.4 Å². The molecule has 0 spiro atoms. The molecule has 0 aliphatic carbocycles. The van der Waals surface area contributed by atoms with Crippen molar-refractivity contribution in [2.75, 3.05) is 52.8 Å². The van der Waals surface area contributed by atoms with Crippen molar-refractivity contribution in [3.8, 4) is 22.8 Å². The molecule has 0 amide bonds. The lowest BCUT2D eigenvalue weighted by Crippen LogP contribution is -2.56. The van der Waals surface area contributed by atoms with Gasteiger partial charge >= 0.3 is 0 Å². The third-order valence-electron chi connectivity index (χ3n) is 8.02. The van der Waals surface area contributed by atoms with Crippen LogP contribution in [0.1, 0.15) is 24.5 Å². The van der Waals surface area contributed by atoms with Gasteiger partial charge in [-0.1, -0.05) is 12.1 Å². The Morgan fingerprint density at radius 1 is 1.08 bits per heavy atom. The van der Waals surface area contributed by atoms with Crippen molar-refractivity contribution >= 4 is 15.7 Å². The smallest absolute Gasteiger partial charge is 0.244 e. The molecular formula is C28H37N5O4S. The van der Waals surface area contributed by atoms with E-state index in [1.54, 1.807) is 12.1 Å². The summed E-state index contributed by atoms with van der Waals surface area (Å²) in [4.78, 5) is 4.60. The van der Waals surface area contributed by atoms with Crippen LogP contribution in [0, 0.1) is 5.92 Å². The van der Waals surface area contributed by atoms with E-state index >= 15 is 0 Å². The number of hydrogen-bond acceptors (Lipinski definition) is 7. The summed E-state index contributed by atoms with van der Waals surface area (Å²) in [7, 11) is 5.32. The van der Waals surface area contributed by atoms with Crippen LogP contribution in [0.25, 0.3) is 11.3 Å². The summed E-state index contributed by atoms with van der Waals surface area (Å²) in [5.74, 6) is 1.63. The van der Waals surface area contributed by atoms with Crippen LogP contribution in [-0.2, 0) is 17.1 Å². The van der Waals surface area contributed by atoms with Crippen molar-refractivity contribution < 1.29 is 17.9 Å². The number of benzene rings is 2. The van der Waals surface area contributed by atoms with Gasteiger partial charge in [-0.05, 0) is 55.6 Å². The third-order valence-corrected chi connectivity index (χ3v) is 9.47. The Kier molecular flexibility index (Phi) is 7.39. The number of aryl methyl sites for hydroxylation is 1. The van der Waals surface area contributed by atoms with Gasteiger partial charge < -0.3 is 14.4 Å². The fourth-order valence-electron chi connectivity index (χ4n) is 5.86. The Morgan fingerprint density at radius 2 is 1.84 bits per heavy atom. The first-order valence-electron chi connectivity index (χ1n) is 13.0. The summed E-state index contributed by atoms with van der Waals surface area (Å²) in [5, 5.41) is 4.84. The van der Waals surface area contributed by atoms with Crippen molar-refractivity contribution in [1.82, 2.24) is 19.4 Å². The molecule has 204 valence electrons. The number of methoxy groups -OCH3 is 2. The maximum atomic E-state index is 13.2. The van der Waals surface area contributed by atoms with E-state index in [0.29, 0.717) is 29.9 Å². The number of rotatable bonds is 9. The minimum Gasteiger partial charge on any atom is -0.497 e. The molecule has 3 saturated heterocycles. The van der Waals surface area contributed by atoms with Crippen LogP contribution >= 0.6 is 0 Å². The van der Waals surface area contributed by atoms with Crippen molar-refractivity contribution in [3.05, 3.63) is 54.2 Å². The van der Waals surface area contributed by atoms with Gasteiger partial charge in [0.1, 0.15) is 16.4 Å². The molecule has 3 aliphatic heterocycles. The van der Waals surface area contributed by atoms with E-state index in [4.69, 9.17) is 14.6 Å². The summed E-state index contributed by atoms with van der Waals surface area (Å²) in [6.07, 6.45) is 2.05. The Labute approximate surface area is 225 Å². The molecular weight excluding hydrogens is 502 g/mol. The van der Waals surface area contributed by atoms with E-state index in [0.717, 1.165) is 42.9 Å². The highest BCUT2D eigenvalue weighted by molar-refractivity contribution is 7.89. The molecule has 4 atom stereocenters. The van der Waals surface area contributed by atoms with E-state index in [-0.39, 0.29) is 10.9 Å². The molecule has 10 heteroatoms. The first-order valence-corrected chi connectivity index (χ1v) is 14.5. The van der Waals surface area contributed by atoms with Crippen LogP contribution < -0.4 is 19.1 Å². The molecule has 2 bridgehead atoms. The van der Waals surface area contributed by atoms with E-state index in [2.05, 4.69) is 44.9 Å². The number of nitrogens with one attached hydrogen (secondary N) is 1. The highest BCUT2D eigenvalue weighted by atomic mass is 32.2. The molecule has 0 saturated carbocycles. The van der Waals surface area contributed by atoms with Gasteiger partial charge in [-0.2, -0.15) is 5.10 Å². The lowest BCUT2D eigenvalue weighted by atomic mass is 9.74. The Bertz CT molecular complexity index is 1390. The van der Waals surface area contributed by atoms with E-state index in [9.17, 15) is 8.42 Å². The minimum absolute atomic E-state index is 0.0919. The van der Waals surface area contributed by atoms with Gasteiger partial charge in [-0.3, -0.25) is 9.58 Å². The molecule has 1 aromatic heterocycles. The second-order valence-electron chi connectivity index (χ2n) is 10.4. The predicted octanol–water partition coefficient (Wildman–Crippen LogP) is 3.33. The molecule has 2 aromatic carbocycles. The fraction of sp³-hybridized carbons (Fsp3) is 0.464. The van der Waals surface area contributed by atoms with Crippen LogP contribution in [0.4, 0.5) is 5.69 Å². The first kappa shape index (κ1) is 26.5. The standard InChI is InChI=1S/C28H37N5O4S/c1-31(2)21-8-6-19(7-9-21)25-16-26(32(3)30-25)24-18-33-13-12-20(24)14-22(33)17-29-38(34,35)28-15-23(36-4)10-11-27(28)37-5/h6-11,15-16,20,22,24,29H,12-14,17-18H2,1-5H3. The van der Waals surface area contributed by atoms with Gasteiger partial charge in [0.25, 0.3) is 0 Å². The van der Waals surface area contributed by atoms with Crippen molar-refractivity contribution in [2.45, 2.75) is 29.7 Å². The number of ether oxygens (including phenoxy) is 2. The lowest BCUT2D eigenvalue weighted by Gasteiger charge is -2.49. The first-order chi connectivity index (χ1) is 18.2. The Balaban J connectivity index is 1.28. The van der Waals surface area contributed by atoms with Crippen LogP contribution in [-0.4, -0.2) is 77.1 Å². The van der Waals surface area contributed by atoms with Crippen LogP contribution in [0.2, 0.25) is 0 Å². The van der Waals surface area contributed by atoms with E-state index in [1.165, 1.54) is 26.0 Å². The molecule has 6 rings (SSSR count). The topological polar surface area (TPSA) is 88.9 Å². The number of fused-ring (bicyclic) bond motifs is 3. The van der Waals surface area contributed by atoms with Crippen molar-refractivity contribution in [2.24, 2.45) is 13.0 Å². The number of sulfonamides is 1. The highest BCUT2D eigenvalue weighted by Gasteiger charge is 2.42. The summed E-state index contributed by atoms with van der Waals surface area (Å²) in [5.41, 5.74) is 4.50. The van der Waals surface area contributed by atoms with Crippen LogP contribution in [0.5, 0.6) is 11.5 Å². The van der Waals surface area contributed by atoms with Gasteiger partial charge in [0.05, 0.1) is 19.9 Å². The molecule has 1 N–H and O–H groups in total. The molecule has 0 radical (unpaired) electrons. The number of aromatic nitrogens is 2. The zero-order chi connectivity index (χ0) is 27.0. The van der Waals surface area contributed by atoms with Crippen molar-refractivity contribution in [1.29, 1.82) is 0 Å². The predicted molar refractivity (Wildman–Crippen MR) is 149 cm³/mol. The second-order valence-corrected chi connectivity index (χ2v) is 12.2. The van der Waals surface area contributed by atoms with Gasteiger partial charge in [0.15, 0.2) is 0 Å². The summed E-state index contributed by atoms with van der Waals surface area (Å²) >= 11 is 0. The largest absolute Gasteiger partial charge is 0.497 e. The summed E-state index contributed by atoms with van der Waals surface area (Å²) < 4.78 is 41.7. The lowest BCUT2D eigenvalue weighted by molar-refractivity contribution is 0.0306. The van der Waals surface area contributed by atoms with Gasteiger partial charge in [-0.25, -0.2) is 13.1 Å². The quantitative estimate of drug-likeness (QED) is 0.446. The number of anilines is 1. The molecule has 3 aliphatic rings. The third kappa shape index (κ3) is 5.12. The SMILES string of the molecule is COc1ccc(OC)c(S(=O)(=O)NCC2CC3CCN2CC3c2cc(-c3ccc(N(C)C)cc3)nn2C)c1. The zero-order valence-electron chi connectivity index (χ0n) is 22.7. The monoisotopic (exact) mass is 539 g/mol. The number of piperidine rings is 3. The fourth-order valence-corrected chi connectivity index (χ4v) is 7.12. The van der Waals surface area contributed by atoms with E-state index < -0.39 is 10.0 Å². The second kappa shape index (κ2) is 10.6. The van der Waals surface area contributed by atoms with Gasteiger partial charge in [0.2, 0.25) is 10.0 Å². The van der Waals surface area contributed by atoms with Crippen LogP contribution in [0.3, 0.4) is 0 Å². The van der Waals surface area contributed by atoms with E-state index in [1.807, 2.05) is 25.8 Å². The minimum atomic E-state index is -3.76. The maximum absolute atomic E-state index is 13.2. The van der Waals surface area contributed by atoms with Gasteiger partial charge in [0, 0.05) is 69.2 Å². The highest BCUT2D eigenvalue weighted by Crippen LogP contribution is 2.42. The molecule has 4 heterocycles. The Morgan fingerprint density at radius 3 is 2.47 bits per heavy atom. The Hall–Kier alpha value is -3.08. The number of hydrogen-bond donors (Lipinski definition) is 1. The molecule has 4 unspecified atom stereocenters. The molecule has 9 nitrogen and oxygen atoms in total. The molecule has 38 heavy (non-hydrogen) atoms. The maximum Gasteiger partial charge on any atom is 0.244 e. The van der Waals surface area contributed by atoms with Gasteiger partial charge in [-0.15, -0.1) is 0 Å². The average molecular weight is 540 g/mol.